The van der Waals surface area contributed by atoms with Gasteiger partial charge in [0, 0.05) is 23.2 Å². The van der Waals surface area contributed by atoms with Crippen molar-refractivity contribution in [2.45, 2.75) is 19.8 Å². The maximum Gasteiger partial charge on any atom is 0.344 e. The Labute approximate surface area is 175 Å². The van der Waals surface area contributed by atoms with E-state index in [9.17, 15) is 9.59 Å². The summed E-state index contributed by atoms with van der Waals surface area (Å²) in [4.78, 5) is 28.2. The fraction of sp³-hybridized carbons (Fsp3) is 0.154. The third kappa shape index (κ3) is 3.77. The molecule has 0 fully saturated rings. The predicted molar refractivity (Wildman–Crippen MR) is 121 cm³/mol. The average Bonchev–Trinajstić information content (AvgIpc) is 2.80. The topological polar surface area (TPSA) is 50.5 Å². The molecular formula is C26H23NO3. The molecule has 0 aliphatic carbocycles. The van der Waals surface area contributed by atoms with Gasteiger partial charge in [-0.1, -0.05) is 80.1 Å². The van der Waals surface area contributed by atoms with Crippen LogP contribution in [-0.2, 0) is 0 Å². The molecule has 0 saturated carbocycles. The normalized spacial score (nSPS) is 10.8. The molecule has 3 aromatic carbocycles. The minimum absolute atomic E-state index is 0.0739. The molecule has 0 radical (unpaired) electrons. The van der Waals surface area contributed by atoms with Crippen molar-refractivity contribution in [2.75, 3.05) is 11.4 Å². The molecule has 0 N–H and O–H groups in total. The number of nitrogens with zero attached hydrogens (tertiary/aromatic N) is 1. The highest BCUT2D eigenvalue weighted by atomic mass is 16.4. The maximum atomic E-state index is 13.7. The first-order chi connectivity index (χ1) is 14.7. The van der Waals surface area contributed by atoms with Crippen LogP contribution in [0.4, 0.5) is 5.69 Å². The average molecular weight is 397 g/mol. The molecule has 1 aromatic heterocycles. The van der Waals surface area contributed by atoms with Gasteiger partial charge in [-0.25, -0.2) is 4.79 Å². The lowest BCUT2D eigenvalue weighted by molar-refractivity contribution is 0.0957. The summed E-state index contributed by atoms with van der Waals surface area (Å²) in [5.74, 6) is -0.235. The van der Waals surface area contributed by atoms with E-state index in [1.165, 1.54) is 0 Å². The molecular weight excluding hydrogens is 374 g/mol. The third-order valence-corrected chi connectivity index (χ3v) is 5.14. The number of anilines is 1. The minimum atomic E-state index is -0.503. The van der Waals surface area contributed by atoms with Crippen LogP contribution in [0.25, 0.3) is 21.9 Å². The lowest BCUT2D eigenvalue weighted by Crippen LogP contribution is -2.33. The number of hydrogen-bond donors (Lipinski definition) is 0. The van der Waals surface area contributed by atoms with Crippen LogP contribution in [0.1, 0.15) is 30.3 Å². The monoisotopic (exact) mass is 397 g/mol. The number of hydrogen-bond acceptors (Lipinski definition) is 3. The predicted octanol–water partition coefficient (Wildman–Crippen LogP) is 5.91. The Bertz CT molecular complexity index is 1210. The molecule has 4 aromatic rings. The Kier molecular flexibility index (Phi) is 5.75. The zero-order valence-electron chi connectivity index (χ0n) is 16.9. The summed E-state index contributed by atoms with van der Waals surface area (Å²) in [5.41, 5.74) is 1.76. The van der Waals surface area contributed by atoms with E-state index < -0.39 is 5.63 Å². The molecule has 0 unspecified atom stereocenters. The van der Waals surface area contributed by atoms with Crippen LogP contribution in [0, 0.1) is 0 Å². The highest BCUT2D eigenvalue weighted by molar-refractivity contribution is 6.12. The molecule has 0 saturated heterocycles. The third-order valence-electron chi connectivity index (χ3n) is 5.14. The van der Waals surface area contributed by atoms with Gasteiger partial charge in [0.15, 0.2) is 0 Å². The second-order valence-electron chi connectivity index (χ2n) is 7.15. The van der Waals surface area contributed by atoms with Gasteiger partial charge in [0.05, 0.1) is 5.39 Å². The summed E-state index contributed by atoms with van der Waals surface area (Å²) >= 11 is 0. The Morgan fingerprint density at radius 2 is 1.43 bits per heavy atom. The van der Waals surface area contributed by atoms with E-state index in [4.69, 9.17) is 4.42 Å². The Morgan fingerprint density at radius 3 is 2.10 bits per heavy atom. The number of carbonyl (C=O) groups excluding carboxylic acids is 1. The lowest BCUT2D eigenvalue weighted by atomic mass is 9.97. The summed E-state index contributed by atoms with van der Waals surface area (Å²) in [7, 11) is 0. The number of amides is 1. The molecule has 1 heterocycles. The van der Waals surface area contributed by atoms with Crippen molar-refractivity contribution in [3.05, 3.63) is 101 Å². The van der Waals surface area contributed by atoms with E-state index >= 15 is 0 Å². The summed E-state index contributed by atoms with van der Waals surface area (Å²) in [5, 5.41) is 1.18. The molecule has 0 atom stereocenters. The van der Waals surface area contributed by atoms with Gasteiger partial charge in [-0.15, -0.1) is 0 Å². The van der Waals surface area contributed by atoms with Crippen molar-refractivity contribution in [3.63, 3.8) is 0 Å². The smallest absolute Gasteiger partial charge is 0.344 e. The number of fused-ring (bicyclic) bond motifs is 1. The zero-order valence-corrected chi connectivity index (χ0v) is 16.9. The molecule has 4 heteroatoms. The summed E-state index contributed by atoms with van der Waals surface area (Å²) in [6.07, 6.45) is 1.79. The van der Waals surface area contributed by atoms with Gasteiger partial charge in [0.25, 0.3) is 5.91 Å². The van der Waals surface area contributed by atoms with Crippen LogP contribution >= 0.6 is 0 Å². The zero-order chi connectivity index (χ0) is 20.9. The molecule has 4 rings (SSSR count). The van der Waals surface area contributed by atoms with Crippen molar-refractivity contribution in [1.82, 2.24) is 0 Å². The largest absolute Gasteiger partial charge is 0.416 e. The number of benzene rings is 3. The Balaban J connectivity index is 1.95. The van der Waals surface area contributed by atoms with E-state index in [1.807, 2.05) is 72.8 Å². The summed E-state index contributed by atoms with van der Waals surface area (Å²) < 4.78 is 5.67. The van der Waals surface area contributed by atoms with E-state index in [0.29, 0.717) is 22.9 Å². The van der Waals surface area contributed by atoms with Crippen LogP contribution in [0.5, 0.6) is 0 Å². The number of rotatable bonds is 6. The fourth-order valence-electron chi connectivity index (χ4n) is 3.64. The first kappa shape index (κ1) is 19.6. The Morgan fingerprint density at radius 1 is 0.833 bits per heavy atom. The van der Waals surface area contributed by atoms with Crippen LogP contribution in [-0.4, -0.2) is 12.5 Å². The van der Waals surface area contributed by atoms with Crippen molar-refractivity contribution in [2.24, 2.45) is 0 Å². The van der Waals surface area contributed by atoms with Gasteiger partial charge in [-0.2, -0.15) is 0 Å². The van der Waals surface area contributed by atoms with Gasteiger partial charge >= 0.3 is 5.63 Å². The van der Waals surface area contributed by atoms with Gasteiger partial charge in [-0.05, 0) is 30.2 Å². The molecule has 0 aliphatic heterocycles. The first-order valence-electron chi connectivity index (χ1n) is 10.2. The molecule has 30 heavy (non-hydrogen) atoms. The van der Waals surface area contributed by atoms with Gasteiger partial charge < -0.3 is 9.32 Å². The van der Waals surface area contributed by atoms with Crippen molar-refractivity contribution in [3.8, 4) is 11.1 Å². The van der Waals surface area contributed by atoms with Gasteiger partial charge in [0.2, 0.25) is 5.76 Å². The highest BCUT2D eigenvalue weighted by Gasteiger charge is 2.26. The van der Waals surface area contributed by atoms with Crippen molar-refractivity contribution in [1.29, 1.82) is 0 Å². The number of unbranched alkanes of at least 4 members (excludes halogenated alkanes) is 1. The van der Waals surface area contributed by atoms with Crippen LogP contribution in [0.15, 0.2) is 94.1 Å². The standard InChI is InChI=1S/C26H23NO3/c1-2-3-18-27(20-14-8-5-9-15-20)25(28)24-23(19-12-6-4-7-13-19)21-16-10-11-17-22(21)26(29)30-24/h4-17H,2-3,18H2,1H3. The van der Waals surface area contributed by atoms with Crippen molar-refractivity contribution >= 4 is 22.4 Å². The van der Waals surface area contributed by atoms with E-state index in [2.05, 4.69) is 6.92 Å². The lowest BCUT2D eigenvalue weighted by Gasteiger charge is -2.23. The number of carbonyl (C=O) groups is 1. The van der Waals surface area contributed by atoms with Gasteiger partial charge in [-0.3, -0.25) is 4.79 Å². The second kappa shape index (κ2) is 8.78. The van der Waals surface area contributed by atoms with E-state index in [-0.39, 0.29) is 11.7 Å². The molecule has 0 aliphatic rings. The fourth-order valence-corrected chi connectivity index (χ4v) is 3.64. The van der Waals surface area contributed by atoms with Crippen molar-refractivity contribution < 1.29 is 9.21 Å². The van der Waals surface area contributed by atoms with E-state index in [0.717, 1.165) is 24.1 Å². The van der Waals surface area contributed by atoms with Crippen LogP contribution in [0.2, 0.25) is 0 Å². The van der Waals surface area contributed by atoms with Gasteiger partial charge in [0.1, 0.15) is 0 Å². The quantitative estimate of drug-likeness (QED) is 0.407. The second-order valence-corrected chi connectivity index (χ2v) is 7.15. The molecule has 4 nitrogen and oxygen atoms in total. The molecule has 0 spiro atoms. The minimum Gasteiger partial charge on any atom is -0.416 e. The number of para-hydroxylation sites is 1. The van der Waals surface area contributed by atoms with E-state index in [1.54, 1.807) is 17.0 Å². The Hall–Kier alpha value is -3.66. The SMILES string of the molecule is CCCCN(C(=O)c1oc(=O)c2ccccc2c1-c1ccccc1)c1ccccc1. The first-order valence-corrected chi connectivity index (χ1v) is 10.2. The highest BCUT2D eigenvalue weighted by Crippen LogP contribution is 2.32. The summed E-state index contributed by atoms with van der Waals surface area (Å²) in [6.45, 7) is 2.63. The molecule has 1 amide bonds. The molecule has 150 valence electrons. The van der Waals surface area contributed by atoms with Crippen LogP contribution in [0.3, 0.4) is 0 Å². The maximum absolute atomic E-state index is 13.7. The van der Waals surface area contributed by atoms with Crippen LogP contribution < -0.4 is 10.5 Å². The molecule has 0 bridgehead atoms. The summed E-state index contributed by atoms with van der Waals surface area (Å²) in [6, 6.07) is 26.4.